The zero-order valence-corrected chi connectivity index (χ0v) is 11.9. The number of nitrogens with one attached hydrogen (secondary N) is 1. The number of alkyl halides is 1. The number of benzene rings is 1. The number of rotatable bonds is 6. The molecule has 0 heterocycles. The Bertz CT molecular complexity index is 387. The van der Waals surface area contributed by atoms with Crippen molar-refractivity contribution in [2.45, 2.75) is 25.6 Å². The van der Waals surface area contributed by atoms with Crippen molar-refractivity contribution in [3.8, 4) is 0 Å². The summed E-state index contributed by atoms with van der Waals surface area (Å²) in [6, 6.07) is 5.84. The molecule has 0 radical (unpaired) electrons. The second-order valence-corrected chi connectivity index (χ2v) is 4.98. The van der Waals surface area contributed by atoms with E-state index in [9.17, 15) is 4.79 Å². The lowest BCUT2D eigenvalue weighted by atomic mass is 10.0. The molecule has 1 aromatic rings. The van der Waals surface area contributed by atoms with Crippen molar-refractivity contribution in [1.29, 1.82) is 0 Å². The van der Waals surface area contributed by atoms with Gasteiger partial charge in [-0.05, 0) is 31.4 Å². The normalized spacial score (nSPS) is 12.2. The zero-order chi connectivity index (χ0) is 13.5. The van der Waals surface area contributed by atoms with E-state index in [4.69, 9.17) is 16.3 Å². The third-order valence-electron chi connectivity index (χ3n) is 2.80. The third-order valence-corrected chi connectivity index (χ3v) is 3.14. The minimum atomic E-state index is -0.0618. The van der Waals surface area contributed by atoms with Crippen LogP contribution in [0.25, 0.3) is 0 Å². The Morgan fingerprint density at radius 3 is 2.56 bits per heavy atom. The van der Waals surface area contributed by atoms with E-state index in [1.165, 1.54) is 0 Å². The Kier molecular flexibility index (Phi) is 6.16. The minimum Gasteiger partial charge on any atom is -0.383 e. The van der Waals surface area contributed by atoms with Crippen LogP contribution in [-0.2, 0) is 4.74 Å². The van der Waals surface area contributed by atoms with Gasteiger partial charge in [0.25, 0.3) is 5.91 Å². The Hall–Kier alpha value is -1.06. The van der Waals surface area contributed by atoms with Crippen LogP contribution in [-0.4, -0.2) is 31.5 Å². The van der Waals surface area contributed by atoms with E-state index in [2.05, 4.69) is 5.32 Å². The second-order valence-electron chi connectivity index (χ2n) is 4.36. The van der Waals surface area contributed by atoms with E-state index in [0.717, 1.165) is 16.7 Å². The molecular weight excluding hydrogens is 250 g/mol. The first-order chi connectivity index (χ1) is 8.56. The van der Waals surface area contributed by atoms with E-state index in [1.807, 2.05) is 32.0 Å². The Morgan fingerprint density at radius 1 is 1.39 bits per heavy atom. The Balaban J connectivity index is 2.51. The summed E-state index contributed by atoms with van der Waals surface area (Å²) in [6.45, 7) is 4.94. The summed E-state index contributed by atoms with van der Waals surface area (Å²) in [5, 5.41) is 2.83. The molecule has 18 heavy (non-hydrogen) atoms. The van der Waals surface area contributed by atoms with Gasteiger partial charge in [-0.1, -0.05) is 18.2 Å². The highest BCUT2D eigenvalue weighted by molar-refractivity contribution is 6.20. The van der Waals surface area contributed by atoms with Gasteiger partial charge >= 0.3 is 0 Å². The van der Waals surface area contributed by atoms with Crippen LogP contribution < -0.4 is 5.32 Å². The van der Waals surface area contributed by atoms with E-state index in [-0.39, 0.29) is 11.3 Å². The van der Waals surface area contributed by atoms with Gasteiger partial charge in [0.1, 0.15) is 0 Å². The quantitative estimate of drug-likeness (QED) is 0.807. The average Bonchev–Trinajstić information content (AvgIpc) is 2.29. The van der Waals surface area contributed by atoms with E-state index >= 15 is 0 Å². The van der Waals surface area contributed by atoms with Gasteiger partial charge in [0.15, 0.2) is 0 Å². The molecule has 1 amide bonds. The monoisotopic (exact) mass is 269 g/mol. The highest BCUT2D eigenvalue weighted by Gasteiger charge is 2.12. The number of carbonyl (C=O) groups is 1. The lowest BCUT2D eigenvalue weighted by Crippen LogP contribution is -2.28. The first-order valence-corrected chi connectivity index (χ1v) is 6.47. The summed E-state index contributed by atoms with van der Waals surface area (Å²) in [4.78, 5) is 12.0. The van der Waals surface area contributed by atoms with E-state index in [1.54, 1.807) is 7.11 Å². The molecule has 0 aliphatic heterocycles. The molecule has 100 valence electrons. The fraction of sp³-hybridized carbons (Fsp3) is 0.500. The van der Waals surface area contributed by atoms with Crippen LogP contribution >= 0.6 is 11.6 Å². The molecule has 0 saturated carbocycles. The second kappa shape index (κ2) is 7.39. The highest BCUT2D eigenvalue weighted by atomic mass is 35.5. The maximum absolute atomic E-state index is 12.0. The SMILES string of the molecule is COCC(Cl)CCNC(=O)c1c(C)cccc1C. The highest BCUT2D eigenvalue weighted by Crippen LogP contribution is 2.13. The Morgan fingerprint density at radius 2 is 2.00 bits per heavy atom. The molecule has 0 fully saturated rings. The maximum Gasteiger partial charge on any atom is 0.251 e. The molecule has 1 N–H and O–H groups in total. The van der Waals surface area contributed by atoms with Gasteiger partial charge < -0.3 is 10.1 Å². The number of amides is 1. The lowest BCUT2D eigenvalue weighted by Gasteiger charge is -2.12. The Labute approximate surface area is 113 Å². The van der Waals surface area contributed by atoms with Gasteiger partial charge in [-0.15, -0.1) is 11.6 Å². The summed E-state index contributed by atoms with van der Waals surface area (Å²) in [6.07, 6.45) is 0.700. The van der Waals surface area contributed by atoms with Crippen LogP contribution in [0.15, 0.2) is 18.2 Å². The molecule has 0 saturated heterocycles. The van der Waals surface area contributed by atoms with Crippen molar-refractivity contribution in [1.82, 2.24) is 5.32 Å². The van der Waals surface area contributed by atoms with E-state index < -0.39 is 0 Å². The maximum atomic E-state index is 12.0. The van der Waals surface area contributed by atoms with Gasteiger partial charge in [0.2, 0.25) is 0 Å². The third kappa shape index (κ3) is 4.31. The first kappa shape index (κ1) is 15.0. The number of methoxy groups -OCH3 is 1. The number of carbonyl (C=O) groups excluding carboxylic acids is 1. The molecule has 1 atom stereocenters. The lowest BCUT2D eigenvalue weighted by molar-refractivity contribution is 0.0950. The van der Waals surface area contributed by atoms with Gasteiger partial charge in [-0.25, -0.2) is 0 Å². The van der Waals surface area contributed by atoms with Crippen molar-refractivity contribution in [2.24, 2.45) is 0 Å². The fourth-order valence-electron chi connectivity index (χ4n) is 1.87. The molecule has 1 aromatic carbocycles. The molecular formula is C14H20ClNO2. The molecule has 0 aliphatic carbocycles. The molecule has 0 spiro atoms. The molecule has 1 rings (SSSR count). The van der Waals surface area contributed by atoms with E-state index in [0.29, 0.717) is 19.6 Å². The van der Waals surface area contributed by atoms with Crippen molar-refractivity contribution < 1.29 is 9.53 Å². The van der Waals surface area contributed by atoms with Crippen LogP contribution in [0.3, 0.4) is 0 Å². The van der Waals surface area contributed by atoms with Gasteiger partial charge in [-0.2, -0.15) is 0 Å². The van der Waals surface area contributed by atoms with Crippen LogP contribution in [0.5, 0.6) is 0 Å². The smallest absolute Gasteiger partial charge is 0.251 e. The predicted molar refractivity (Wildman–Crippen MR) is 74.4 cm³/mol. The van der Waals surface area contributed by atoms with Crippen molar-refractivity contribution in [3.63, 3.8) is 0 Å². The molecule has 0 aromatic heterocycles. The van der Waals surface area contributed by atoms with Crippen LogP contribution in [0, 0.1) is 13.8 Å². The summed E-state index contributed by atoms with van der Waals surface area (Å²) in [5.41, 5.74) is 2.74. The van der Waals surface area contributed by atoms with Gasteiger partial charge in [-0.3, -0.25) is 4.79 Å². The summed E-state index contributed by atoms with van der Waals surface area (Å²) < 4.78 is 4.94. The first-order valence-electron chi connectivity index (χ1n) is 6.03. The minimum absolute atomic E-state index is 0.0353. The molecule has 0 aliphatic rings. The van der Waals surface area contributed by atoms with Crippen LogP contribution in [0.2, 0.25) is 0 Å². The zero-order valence-electron chi connectivity index (χ0n) is 11.1. The number of hydrogen-bond donors (Lipinski definition) is 1. The standard InChI is InChI=1S/C14H20ClNO2/c1-10-5-4-6-11(2)13(10)14(17)16-8-7-12(15)9-18-3/h4-6,12H,7-9H2,1-3H3,(H,16,17). The number of hydrogen-bond acceptors (Lipinski definition) is 2. The topological polar surface area (TPSA) is 38.3 Å². The number of ether oxygens (including phenoxy) is 1. The number of aryl methyl sites for hydroxylation is 2. The van der Waals surface area contributed by atoms with Crippen molar-refractivity contribution in [2.75, 3.05) is 20.3 Å². The van der Waals surface area contributed by atoms with Gasteiger partial charge in [0.05, 0.1) is 12.0 Å². The van der Waals surface area contributed by atoms with Crippen LogP contribution in [0.1, 0.15) is 27.9 Å². The summed E-state index contributed by atoms with van der Waals surface area (Å²) in [5.74, 6) is -0.0353. The predicted octanol–water partition coefficient (Wildman–Crippen LogP) is 2.68. The number of halogens is 1. The van der Waals surface area contributed by atoms with Crippen molar-refractivity contribution in [3.05, 3.63) is 34.9 Å². The molecule has 0 bridgehead atoms. The summed E-state index contributed by atoms with van der Waals surface area (Å²) in [7, 11) is 1.62. The molecule has 3 nitrogen and oxygen atoms in total. The molecule has 1 unspecified atom stereocenters. The summed E-state index contributed by atoms with van der Waals surface area (Å²) >= 11 is 6.00. The fourth-order valence-corrected chi connectivity index (χ4v) is 2.10. The van der Waals surface area contributed by atoms with Crippen LogP contribution in [0.4, 0.5) is 0 Å². The average molecular weight is 270 g/mol. The molecule has 4 heteroatoms. The van der Waals surface area contributed by atoms with Gasteiger partial charge in [0, 0.05) is 19.2 Å². The van der Waals surface area contributed by atoms with Crippen molar-refractivity contribution >= 4 is 17.5 Å². The largest absolute Gasteiger partial charge is 0.383 e.